The topological polar surface area (TPSA) is 114 Å². The lowest BCUT2D eigenvalue weighted by Crippen LogP contribution is -2.03. The zero-order valence-electron chi connectivity index (χ0n) is 6.17. The van der Waals surface area contributed by atoms with E-state index in [1.54, 1.807) is 0 Å². The number of carbonyl (C=O) groups is 2. The second-order valence-corrected chi connectivity index (χ2v) is 1.99. The molecule has 7 nitrogen and oxygen atoms in total. The van der Waals surface area contributed by atoms with Gasteiger partial charge in [0, 0.05) is 11.3 Å². The molecule has 1 aromatic rings. The van der Waals surface area contributed by atoms with Gasteiger partial charge >= 0.3 is 11.9 Å². The minimum Gasteiger partial charge on any atom is -0.478 e. The van der Waals surface area contributed by atoms with Gasteiger partial charge in [-0.25, -0.2) is 9.59 Å². The van der Waals surface area contributed by atoms with Gasteiger partial charge in [-0.2, -0.15) is 0 Å². The van der Waals surface area contributed by atoms with Crippen molar-refractivity contribution in [3.63, 3.8) is 0 Å². The van der Waals surface area contributed by atoms with Crippen molar-refractivity contribution in [2.45, 2.75) is 0 Å². The highest BCUT2D eigenvalue weighted by molar-refractivity contribution is 6.18. The highest BCUT2D eigenvalue weighted by Crippen LogP contribution is 2.10. The number of carboxylic acids is 2. The fraction of sp³-hybridized carbons (Fsp3) is 0. The van der Waals surface area contributed by atoms with Crippen LogP contribution in [0.4, 0.5) is 0 Å². The molecule has 13 heavy (non-hydrogen) atoms. The monoisotopic (exact) mass is 184 g/mol. The van der Waals surface area contributed by atoms with Gasteiger partial charge in [-0.15, -0.1) is 5.10 Å². The van der Waals surface area contributed by atoms with E-state index >= 15 is 0 Å². The number of aliphatic carboxylic acids is 2. The van der Waals surface area contributed by atoms with Gasteiger partial charge in [-0.05, 0) is 0 Å². The van der Waals surface area contributed by atoms with Gasteiger partial charge in [0.05, 0.1) is 5.57 Å². The van der Waals surface area contributed by atoms with Crippen LogP contribution in [0.15, 0.2) is 16.9 Å². The third-order valence-electron chi connectivity index (χ3n) is 1.13. The lowest BCUT2D eigenvalue weighted by Gasteiger charge is -1.92. The lowest BCUT2D eigenvalue weighted by atomic mass is 10.2. The number of rotatable bonds is 3. The molecule has 68 valence electrons. The summed E-state index contributed by atoms with van der Waals surface area (Å²) in [7, 11) is 0. The Hall–Kier alpha value is -2.18. The van der Waals surface area contributed by atoms with E-state index in [0.29, 0.717) is 6.08 Å². The van der Waals surface area contributed by atoms with E-state index in [1.807, 2.05) is 0 Å². The first-order chi connectivity index (χ1) is 6.11. The minimum absolute atomic E-state index is 0.130. The third kappa shape index (κ3) is 2.12. The van der Waals surface area contributed by atoms with Gasteiger partial charge < -0.3 is 14.7 Å². The smallest absolute Gasteiger partial charge is 0.338 e. The van der Waals surface area contributed by atoms with Crippen LogP contribution in [0.2, 0.25) is 0 Å². The summed E-state index contributed by atoms with van der Waals surface area (Å²) in [5.74, 6) is -2.78. The van der Waals surface area contributed by atoms with Gasteiger partial charge in [0.25, 0.3) is 0 Å². The van der Waals surface area contributed by atoms with Gasteiger partial charge in [-0.1, -0.05) is 0 Å². The van der Waals surface area contributed by atoms with Crippen molar-refractivity contribution < 1.29 is 24.3 Å². The Morgan fingerprint density at radius 3 is 2.54 bits per heavy atom. The van der Waals surface area contributed by atoms with E-state index in [-0.39, 0.29) is 5.69 Å². The molecule has 0 fully saturated rings. The minimum atomic E-state index is -1.40. The first kappa shape index (κ1) is 8.91. The molecule has 0 saturated heterocycles. The Morgan fingerprint density at radius 2 is 2.15 bits per heavy atom. The van der Waals surface area contributed by atoms with Crippen LogP contribution >= 0.6 is 0 Å². The standard InChI is InChI=1S/C6H4N2O5/c9-5(10)1-3(6(11)12)4-2-13-8-7-4/h1-2H,(H,9,10)(H,11,12)/b3-1+. The fourth-order valence-corrected chi connectivity index (χ4v) is 0.651. The van der Waals surface area contributed by atoms with Gasteiger partial charge in [0.1, 0.15) is 5.69 Å². The summed E-state index contributed by atoms with van der Waals surface area (Å²) >= 11 is 0. The van der Waals surface area contributed by atoms with Crippen molar-refractivity contribution in [2.24, 2.45) is 0 Å². The maximum Gasteiger partial charge on any atom is 0.338 e. The molecule has 0 saturated carbocycles. The summed E-state index contributed by atoms with van der Waals surface area (Å²) in [6.45, 7) is 0. The molecule has 1 rings (SSSR count). The molecule has 0 amide bonds. The molecule has 0 aromatic carbocycles. The molecule has 0 unspecified atom stereocenters. The van der Waals surface area contributed by atoms with E-state index in [0.717, 1.165) is 6.26 Å². The van der Waals surface area contributed by atoms with Crippen LogP contribution < -0.4 is 0 Å². The van der Waals surface area contributed by atoms with Crippen molar-refractivity contribution in [3.05, 3.63) is 18.0 Å². The quantitative estimate of drug-likeness (QED) is 0.615. The Kier molecular flexibility index (Phi) is 2.38. The van der Waals surface area contributed by atoms with E-state index in [1.165, 1.54) is 0 Å². The largest absolute Gasteiger partial charge is 0.478 e. The second kappa shape index (κ2) is 3.48. The molecule has 0 aliphatic carbocycles. The number of aromatic nitrogens is 2. The van der Waals surface area contributed by atoms with E-state index in [9.17, 15) is 9.59 Å². The van der Waals surface area contributed by atoms with E-state index in [4.69, 9.17) is 10.2 Å². The van der Waals surface area contributed by atoms with Crippen LogP contribution in [0, 0.1) is 0 Å². The zero-order chi connectivity index (χ0) is 9.84. The summed E-state index contributed by atoms with van der Waals surface area (Å²) in [5.41, 5.74) is -0.608. The summed E-state index contributed by atoms with van der Waals surface area (Å²) in [6.07, 6.45) is 1.46. The summed E-state index contributed by atoms with van der Waals surface area (Å²) in [6, 6.07) is 0. The molecule has 2 N–H and O–H groups in total. The van der Waals surface area contributed by atoms with Crippen molar-refractivity contribution in [1.29, 1.82) is 0 Å². The summed E-state index contributed by atoms with van der Waals surface area (Å²) < 4.78 is 4.27. The molecule has 0 aliphatic heterocycles. The van der Waals surface area contributed by atoms with Crippen molar-refractivity contribution in [2.75, 3.05) is 0 Å². The van der Waals surface area contributed by atoms with Crippen LogP contribution in [0.5, 0.6) is 0 Å². The number of nitrogens with zero attached hydrogens (tertiary/aromatic N) is 2. The van der Waals surface area contributed by atoms with E-state index in [2.05, 4.69) is 14.9 Å². The molecule has 0 atom stereocenters. The fourth-order valence-electron chi connectivity index (χ4n) is 0.651. The number of hydrogen-bond acceptors (Lipinski definition) is 5. The average Bonchev–Trinajstić information content (AvgIpc) is 2.50. The molecular formula is C6H4N2O5. The first-order valence-corrected chi connectivity index (χ1v) is 3.06. The Balaban J connectivity index is 3.08. The van der Waals surface area contributed by atoms with Crippen LogP contribution in [0.3, 0.4) is 0 Å². The van der Waals surface area contributed by atoms with Crippen molar-refractivity contribution >= 4 is 17.5 Å². The van der Waals surface area contributed by atoms with Gasteiger partial charge in [0.2, 0.25) is 0 Å². The van der Waals surface area contributed by atoms with Gasteiger partial charge in [0.15, 0.2) is 6.26 Å². The van der Waals surface area contributed by atoms with Crippen molar-refractivity contribution in [1.82, 2.24) is 10.4 Å². The predicted molar refractivity (Wildman–Crippen MR) is 37.5 cm³/mol. The van der Waals surface area contributed by atoms with Gasteiger partial charge in [-0.3, -0.25) is 0 Å². The predicted octanol–water partition coefficient (Wildman–Crippen LogP) is -0.378. The SMILES string of the molecule is O=C(O)/C=C(/C(=O)O)c1conn1. The lowest BCUT2D eigenvalue weighted by molar-refractivity contribution is -0.133. The molecule has 1 heterocycles. The Morgan fingerprint density at radius 1 is 1.46 bits per heavy atom. The highest BCUT2D eigenvalue weighted by Gasteiger charge is 2.15. The maximum atomic E-state index is 10.5. The molecular weight excluding hydrogens is 180 g/mol. The van der Waals surface area contributed by atoms with Crippen LogP contribution in [-0.2, 0) is 9.59 Å². The molecule has 0 spiro atoms. The van der Waals surface area contributed by atoms with E-state index < -0.39 is 17.5 Å². The molecule has 7 heteroatoms. The van der Waals surface area contributed by atoms with Crippen LogP contribution in [-0.4, -0.2) is 32.5 Å². The molecule has 0 aliphatic rings. The Labute approximate surface area is 71.3 Å². The first-order valence-electron chi connectivity index (χ1n) is 3.06. The highest BCUT2D eigenvalue weighted by atomic mass is 16.5. The average molecular weight is 184 g/mol. The summed E-state index contributed by atoms with van der Waals surface area (Å²) in [5, 5.41) is 23.1. The van der Waals surface area contributed by atoms with Crippen LogP contribution in [0.1, 0.15) is 5.69 Å². The van der Waals surface area contributed by atoms with Crippen LogP contribution in [0.25, 0.3) is 5.57 Å². The normalized spacial score (nSPS) is 11.2. The third-order valence-corrected chi connectivity index (χ3v) is 1.13. The Bertz CT molecular complexity index is 353. The number of hydrogen-bond donors (Lipinski definition) is 2. The molecule has 0 radical (unpaired) electrons. The maximum absolute atomic E-state index is 10.5. The van der Waals surface area contributed by atoms with Crippen molar-refractivity contribution in [3.8, 4) is 0 Å². The zero-order valence-corrected chi connectivity index (χ0v) is 6.17. The number of carboxylic acid groups (broad SMARTS) is 2. The second-order valence-electron chi connectivity index (χ2n) is 1.99. The molecule has 1 aromatic heterocycles. The summed E-state index contributed by atoms with van der Waals surface area (Å²) in [4.78, 5) is 20.7. The molecule has 0 bridgehead atoms.